The molecule has 8 aliphatic rings. The maximum absolute atomic E-state index is 2.39. The molecular formula is C64H144. The van der Waals surface area contributed by atoms with Crippen LogP contribution in [0.1, 0.15) is 326 Å². The average Bonchev–Trinajstić information content (AvgIpc) is 3.11. The molecule has 64 heavy (non-hydrogen) atoms. The summed E-state index contributed by atoms with van der Waals surface area (Å²) in [5, 5.41) is 0. The summed E-state index contributed by atoms with van der Waals surface area (Å²) in [7, 11) is 0. The van der Waals surface area contributed by atoms with Crippen LogP contribution in [0.25, 0.3) is 0 Å². The Labute approximate surface area is 417 Å². The highest BCUT2D eigenvalue weighted by molar-refractivity contribution is 4.86. The van der Waals surface area contributed by atoms with Crippen molar-refractivity contribution in [3.05, 3.63) is 0 Å². The van der Waals surface area contributed by atoms with Crippen LogP contribution in [0.15, 0.2) is 0 Å². The lowest BCUT2D eigenvalue weighted by Crippen LogP contribution is -2.31. The van der Waals surface area contributed by atoms with Crippen molar-refractivity contribution in [3.63, 3.8) is 0 Å². The van der Waals surface area contributed by atoms with Gasteiger partial charge in [-0.2, -0.15) is 0 Å². The summed E-state index contributed by atoms with van der Waals surface area (Å²) >= 11 is 0. The highest BCUT2D eigenvalue weighted by atomic mass is 14.4. The highest BCUT2D eigenvalue weighted by Crippen LogP contribution is 2.46. The van der Waals surface area contributed by atoms with Crippen LogP contribution in [-0.2, 0) is 0 Å². The first-order valence-corrected chi connectivity index (χ1v) is 25.9. The van der Waals surface area contributed by atoms with E-state index in [1.807, 2.05) is 0 Å². The molecule has 8 rings (SSSR count). The summed E-state index contributed by atoms with van der Waals surface area (Å²) in [6.45, 7) is 46.7. The van der Waals surface area contributed by atoms with Gasteiger partial charge in [0.1, 0.15) is 0 Å². The molecular weight excluding hydrogens is 769 g/mol. The predicted molar refractivity (Wildman–Crippen MR) is 311 cm³/mol. The van der Waals surface area contributed by atoms with Crippen molar-refractivity contribution in [3.8, 4) is 0 Å². The SMILES string of the molecule is C.C.C.C.C.C.C.C.CC1CC(C)(C)C1.CC1CCC1(C)C.CC1C[C@H](C)C1C.CCC1(C)CCC1.CCC1CC(C)C1.CCC1CCC1C.CCC1CC[C@@H]1C.C[C@H]1CCC1(C)C. The number of rotatable bonds is 4. The van der Waals surface area contributed by atoms with Crippen molar-refractivity contribution >= 4 is 0 Å². The summed E-state index contributed by atoms with van der Waals surface area (Å²) in [6, 6.07) is 0. The Hall–Kier alpha value is 0. The first-order chi connectivity index (χ1) is 25.9. The standard InChI is InChI=1S/8C7H14.8CH4/c1-6-4-7(2,3)5-6;2*1-6-4-5-7(6,2)3;1-5-4-6(2)7(5)3;1-3-7-4-6(2)5-7;1-3-7(2)5-4-6-7;2*1-3-7-5-4-6(7)2;;;;;;;;/h3*6H,4-5H2,1-3H3;5-7H,4H2,1-3H3;6-7H,3-5H2,1-2H3;3-6H2,1-2H3;2*6-7H,3-5H2,1-2H3;8*1H4/t;6-;;5-,6?,7?;;;6-,7?;;;;;;;;;/m.0.0..0........./s1. The van der Waals surface area contributed by atoms with Crippen LogP contribution in [0, 0.1) is 92.7 Å². The fourth-order valence-electron chi connectivity index (χ4n) is 10.4. The van der Waals surface area contributed by atoms with Crippen molar-refractivity contribution in [1.29, 1.82) is 0 Å². The smallest absolute Gasteiger partial charge is 0.0328 e. The molecule has 0 nitrogen and oxygen atoms in total. The summed E-state index contributed by atoms with van der Waals surface area (Å²) in [5.74, 6) is 12.4. The molecule has 0 heterocycles. The van der Waals surface area contributed by atoms with E-state index in [9.17, 15) is 0 Å². The second-order valence-corrected chi connectivity index (χ2v) is 24.9. The third-order valence-electron chi connectivity index (χ3n) is 18.6. The summed E-state index contributed by atoms with van der Waals surface area (Å²) in [6.07, 6.45) is 29.1. The van der Waals surface area contributed by atoms with E-state index in [-0.39, 0.29) is 59.4 Å². The second-order valence-electron chi connectivity index (χ2n) is 24.9. The van der Waals surface area contributed by atoms with Crippen LogP contribution in [0.5, 0.6) is 0 Å². The molecule has 0 aromatic carbocycles. The van der Waals surface area contributed by atoms with Gasteiger partial charge in [-0.25, -0.2) is 0 Å². The van der Waals surface area contributed by atoms with Gasteiger partial charge in [0.25, 0.3) is 0 Å². The Kier molecular flexibility index (Phi) is 47.9. The molecule has 400 valence electrons. The molecule has 0 aromatic rings. The summed E-state index contributed by atoms with van der Waals surface area (Å²) in [5.41, 5.74) is 2.82. The van der Waals surface area contributed by atoms with Crippen molar-refractivity contribution in [2.45, 2.75) is 326 Å². The Morgan fingerprint density at radius 3 is 0.750 bits per heavy atom. The Balaban J connectivity index is -0.0000000917. The molecule has 0 aliphatic heterocycles. The molecule has 0 N–H and O–H groups in total. The van der Waals surface area contributed by atoms with E-state index in [2.05, 4.69) is 138 Å². The number of hydrogen-bond donors (Lipinski definition) is 0. The minimum absolute atomic E-state index is 0. The first-order valence-electron chi connectivity index (χ1n) is 25.9. The van der Waals surface area contributed by atoms with Gasteiger partial charge in [-0.15, -0.1) is 0 Å². The molecule has 9 atom stereocenters. The van der Waals surface area contributed by atoms with Gasteiger partial charge in [0, 0.05) is 0 Å². The maximum atomic E-state index is 2.39. The van der Waals surface area contributed by atoms with Crippen LogP contribution >= 0.6 is 0 Å². The van der Waals surface area contributed by atoms with Crippen LogP contribution in [-0.4, -0.2) is 0 Å². The topological polar surface area (TPSA) is 0 Å². The van der Waals surface area contributed by atoms with Gasteiger partial charge in [0.15, 0.2) is 0 Å². The minimum atomic E-state index is 0. The predicted octanol–water partition coefficient (Wildman–Crippen LogP) is 24.6. The molecule has 8 fully saturated rings. The van der Waals surface area contributed by atoms with Gasteiger partial charge in [0.2, 0.25) is 0 Å². The zero-order chi connectivity index (χ0) is 43.1. The van der Waals surface area contributed by atoms with E-state index < -0.39 is 0 Å². The zero-order valence-corrected chi connectivity index (χ0v) is 43.1. The highest BCUT2D eigenvalue weighted by Gasteiger charge is 2.35. The molecule has 8 aliphatic carbocycles. The van der Waals surface area contributed by atoms with Crippen molar-refractivity contribution in [2.24, 2.45) is 92.7 Å². The molecule has 0 saturated heterocycles. The molecule has 0 spiro atoms. The monoisotopic (exact) mass is 913 g/mol. The lowest BCUT2D eigenvalue weighted by molar-refractivity contribution is 0.0891. The van der Waals surface area contributed by atoms with Gasteiger partial charge < -0.3 is 0 Å². The first kappa shape index (κ1) is 81.0. The molecule has 0 bridgehead atoms. The zero-order valence-electron chi connectivity index (χ0n) is 43.1. The fraction of sp³-hybridized carbons (Fsp3) is 1.00. The Bertz CT molecular complexity index is 911. The Morgan fingerprint density at radius 2 is 0.734 bits per heavy atom. The normalized spacial score (nSPS) is 33.1. The van der Waals surface area contributed by atoms with Gasteiger partial charge in [-0.05, 0) is 176 Å². The molecule has 0 aromatic heterocycles. The molecule has 0 heteroatoms. The van der Waals surface area contributed by atoms with E-state index >= 15 is 0 Å². The third-order valence-corrected chi connectivity index (χ3v) is 18.6. The third kappa shape index (κ3) is 29.1. The molecule has 8 saturated carbocycles. The van der Waals surface area contributed by atoms with E-state index in [0.29, 0.717) is 16.2 Å². The van der Waals surface area contributed by atoms with Crippen LogP contribution in [0.2, 0.25) is 0 Å². The molecule has 0 radical (unpaired) electrons. The summed E-state index contributed by atoms with van der Waals surface area (Å²) in [4.78, 5) is 0. The molecule has 6 unspecified atom stereocenters. The Morgan fingerprint density at radius 1 is 0.391 bits per heavy atom. The quantitative estimate of drug-likeness (QED) is 0.264. The van der Waals surface area contributed by atoms with E-state index in [1.54, 1.807) is 0 Å². The maximum Gasteiger partial charge on any atom is -0.0328 e. The lowest BCUT2D eigenvalue weighted by Gasteiger charge is -2.42. The van der Waals surface area contributed by atoms with Gasteiger partial charge in [-0.3, -0.25) is 0 Å². The van der Waals surface area contributed by atoms with E-state index in [0.717, 1.165) is 76.4 Å². The van der Waals surface area contributed by atoms with Crippen LogP contribution in [0.3, 0.4) is 0 Å². The second kappa shape index (κ2) is 37.8. The van der Waals surface area contributed by atoms with Gasteiger partial charge in [0.05, 0.1) is 0 Å². The molecule has 0 amide bonds. The van der Waals surface area contributed by atoms with Crippen molar-refractivity contribution in [1.82, 2.24) is 0 Å². The van der Waals surface area contributed by atoms with Crippen molar-refractivity contribution in [2.75, 3.05) is 0 Å². The average molecular weight is 914 g/mol. The van der Waals surface area contributed by atoms with Crippen LogP contribution < -0.4 is 0 Å². The van der Waals surface area contributed by atoms with Gasteiger partial charge >= 0.3 is 0 Å². The van der Waals surface area contributed by atoms with E-state index in [4.69, 9.17) is 0 Å². The fourth-order valence-corrected chi connectivity index (χ4v) is 10.4. The van der Waals surface area contributed by atoms with Gasteiger partial charge in [-0.1, -0.05) is 243 Å². The largest absolute Gasteiger partial charge is 0.0776 e. The lowest BCUT2D eigenvalue weighted by atomic mass is 9.64. The van der Waals surface area contributed by atoms with E-state index in [1.165, 1.54) is 128 Å². The minimum Gasteiger partial charge on any atom is -0.0776 e. The van der Waals surface area contributed by atoms with Crippen LogP contribution in [0.4, 0.5) is 0 Å². The number of hydrogen-bond acceptors (Lipinski definition) is 0. The summed E-state index contributed by atoms with van der Waals surface area (Å²) < 4.78 is 0. The van der Waals surface area contributed by atoms with Crippen molar-refractivity contribution < 1.29 is 0 Å².